The fourth-order valence-electron chi connectivity index (χ4n) is 0.719. The molecule has 0 radical (unpaired) electrons. The van der Waals surface area contributed by atoms with Gasteiger partial charge in [-0.1, -0.05) is 67.1 Å². The third-order valence-electron chi connectivity index (χ3n) is 1.34. The second-order valence-electron chi connectivity index (χ2n) is 2.52. The van der Waals surface area contributed by atoms with Gasteiger partial charge in [0.05, 0.1) is 0 Å². The summed E-state index contributed by atoms with van der Waals surface area (Å²) in [6.07, 6.45) is 6.85. The topological polar surface area (TPSA) is 0 Å². The van der Waals surface area contributed by atoms with Crippen molar-refractivity contribution in [2.75, 3.05) is 21.9 Å². The Balaban J connectivity index is 0. The number of hydrogen-bond acceptors (Lipinski definition) is 0. The lowest BCUT2D eigenvalue weighted by Crippen LogP contribution is -1.79. The summed E-state index contributed by atoms with van der Waals surface area (Å²) in [6.45, 7) is 0. The monoisotopic (exact) mass is 398 g/mol. The van der Waals surface area contributed by atoms with E-state index in [1.807, 2.05) is 0 Å². The van der Waals surface area contributed by atoms with Gasteiger partial charge in [-0.25, -0.2) is 0 Å². The van der Waals surface area contributed by atoms with Gasteiger partial charge >= 0.3 is 0 Å². The first-order chi connectivity index (χ1) is 6.33. The molecule has 0 N–H and O–H groups in total. The normalized spacial score (nSPS) is 9.23. The second kappa shape index (κ2) is 19.3. The van der Waals surface area contributed by atoms with Gasteiger partial charge in [0.15, 0.2) is 0 Å². The highest BCUT2D eigenvalue weighted by atomic mass is 79.9. The predicted octanol–water partition coefficient (Wildman–Crippen LogP) is 5.35. The van der Waals surface area contributed by atoms with Gasteiger partial charge in [-0.15, -0.1) is 11.6 Å². The summed E-state index contributed by atoms with van der Waals surface area (Å²) in [5.41, 5.74) is 0. The molecule has 0 aromatic heterocycles. The average Bonchev–Trinajstić information content (AvgIpc) is 2.18. The van der Waals surface area contributed by atoms with Gasteiger partial charge in [0.25, 0.3) is 0 Å². The molecule has 0 aliphatic heterocycles. The maximum Gasteiger partial charge on any atom is 0.0320 e. The fraction of sp³-hybridized carbons (Fsp3) is 1.00. The van der Waals surface area contributed by atoms with Crippen LogP contribution in [0.15, 0.2) is 0 Å². The molecule has 0 aliphatic rings. The Bertz CT molecular complexity index is 63.9. The van der Waals surface area contributed by atoms with Gasteiger partial charge in [0.2, 0.25) is 0 Å². The van der Waals surface area contributed by atoms with E-state index in [0.717, 1.165) is 5.33 Å². The van der Waals surface area contributed by atoms with Crippen LogP contribution in [0.25, 0.3) is 0 Å². The molecule has 0 aromatic rings. The van der Waals surface area contributed by atoms with Crippen molar-refractivity contribution in [3.05, 3.63) is 0 Å². The number of halogens is 4. The molecule has 0 atom stereocenters. The maximum absolute atomic E-state index is 5.14. The van der Waals surface area contributed by atoms with Crippen LogP contribution in [0.5, 0.6) is 0 Å². The number of rotatable bonds is 7. The van der Waals surface area contributed by atoms with Gasteiger partial charge in [-0.2, -0.15) is 0 Å². The largest absolute Gasteiger partial charge is 0.126 e. The van der Waals surface area contributed by atoms with Crippen molar-refractivity contribution >= 4 is 59.4 Å². The summed E-state index contributed by atoms with van der Waals surface area (Å²) in [6, 6.07) is 0. The van der Waals surface area contributed by atoms with Gasteiger partial charge in [-0.05, 0) is 12.8 Å². The van der Waals surface area contributed by atoms with E-state index in [2.05, 4.69) is 47.8 Å². The summed E-state index contributed by atoms with van der Waals surface area (Å²) in [5.74, 6) is 0.708. The van der Waals surface area contributed by atoms with E-state index in [1.54, 1.807) is 0 Å². The molecule has 0 bridgehead atoms. The van der Waals surface area contributed by atoms with Crippen LogP contribution in [-0.2, 0) is 0 Å². The molecule has 0 saturated carbocycles. The Morgan fingerprint density at radius 2 is 0.923 bits per heavy atom. The lowest BCUT2D eigenvalue weighted by molar-refractivity contribution is 0.665. The molecule has 0 aliphatic carbocycles. The van der Waals surface area contributed by atoms with E-state index in [9.17, 15) is 0 Å². The van der Waals surface area contributed by atoms with Crippen LogP contribution in [-0.4, -0.2) is 21.9 Å². The summed E-state index contributed by atoms with van der Waals surface area (Å²) in [5, 5.41) is 3.23. The summed E-state index contributed by atoms with van der Waals surface area (Å²) >= 11 is 15.1. The molecule has 0 rings (SSSR count). The van der Waals surface area contributed by atoms with Crippen molar-refractivity contribution in [3.8, 4) is 0 Å². The van der Waals surface area contributed by atoms with Gasteiger partial charge < -0.3 is 0 Å². The number of alkyl halides is 4. The minimum Gasteiger partial charge on any atom is -0.126 e. The Morgan fingerprint density at radius 3 is 1.15 bits per heavy atom. The molecule has 0 saturated heterocycles. The molecule has 4 heteroatoms. The summed E-state index contributed by atoms with van der Waals surface area (Å²) < 4.78 is 0. The Hall–Kier alpha value is 1.73. The van der Waals surface area contributed by atoms with Crippen LogP contribution < -0.4 is 0 Å². The van der Waals surface area contributed by atoms with Crippen LogP contribution in [0.2, 0.25) is 0 Å². The zero-order valence-electron chi connectivity index (χ0n) is 7.88. The maximum atomic E-state index is 5.14. The molecular weight excluding hydrogens is 383 g/mol. The van der Waals surface area contributed by atoms with E-state index < -0.39 is 0 Å². The molecule has 0 aromatic carbocycles. The van der Waals surface area contributed by atoms with Crippen LogP contribution in [0.3, 0.4) is 0 Å². The van der Waals surface area contributed by atoms with Crippen molar-refractivity contribution in [1.29, 1.82) is 0 Å². The van der Waals surface area contributed by atoms with Gasteiger partial charge in [0, 0.05) is 21.9 Å². The van der Waals surface area contributed by atoms with Crippen LogP contribution in [0.1, 0.15) is 32.1 Å². The van der Waals surface area contributed by atoms with Crippen LogP contribution in [0.4, 0.5) is 0 Å². The van der Waals surface area contributed by atoms with E-state index in [4.69, 9.17) is 11.6 Å². The number of unbranched alkanes of at least 4 members (excludes halogenated alkanes) is 4. The first kappa shape index (κ1) is 17.1. The minimum atomic E-state index is 0.708. The summed E-state index contributed by atoms with van der Waals surface area (Å²) in [7, 11) is 0. The molecule has 13 heavy (non-hydrogen) atoms. The third-order valence-corrected chi connectivity index (χ3v) is 3.50. The highest BCUT2D eigenvalue weighted by molar-refractivity contribution is 9.09. The molecule has 82 valence electrons. The Labute approximate surface area is 113 Å². The van der Waals surface area contributed by atoms with E-state index >= 15 is 0 Å². The smallest absolute Gasteiger partial charge is 0.0320 e. The molecule has 0 spiro atoms. The Kier molecular flexibility index (Phi) is 25.5. The van der Waals surface area contributed by atoms with Crippen molar-refractivity contribution in [1.82, 2.24) is 0 Å². The predicted molar refractivity (Wildman–Crippen MR) is 75.2 cm³/mol. The van der Waals surface area contributed by atoms with Crippen molar-refractivity contribution in [3.63, 3.8) is 0 Å². The second-order valence-corrected chi connectivity index (χ2v) is 5.28. The molecule has 0 heterocycles. The van der Waals surface area contributed by atoms with Crippen molar-refractivity contribution in [2.24, 2.45) is 0 Å². The van der Waals surface area contributed by atoms with E-state index in [1.165, 1.54) is 42.8 Å². The molecule has 0 unspecified atom stereocenters. The fourth-order valence-corrected chi connectivity index (χ4v) is 1.51. The lowest BCUT2D eigenvalue weighted by Gasteiger charge is -1.95. The average molecular weight is 401 g/mol. The van der Waals surface area contributed by atoms with Crippen LogP contribution >= 0.6 is 59.4 Å². The minimum absolute atomic E-state index is 0.708. The van der Waals surface area contributed by atoms with Gasteiger partial charge in [-0.3, -0.25) is 0 Å². The standard InChI is InChI=1S/C7H14Br2.C2H4BrCl/c8-6-4-2-1-3-5-7-9;3-1-2-4/h1-7H2;1-2H2. The molecule has 0 nitrogen and oxygen atoms in total. The Morgan fingerprint density at radius 1 is 0.615 bits per heavy atom. The third kappa shape index (κ3) is 24.8. The van der Waals surface area contributed by atoms with Crippen LogP contribution in [0, 0.1) is 0 Å². The molecular formula is C9H18Br3Cl. The zero-order chi connectivity index (χ0) is 10.4. The number of hydrogen-bond donors (Lipinski definition) is 0. The SMILES string of the molecule is BrCCCCCCCBr.ClCCBr. The van der Waals surface area contributed by atoms with Crippen molar-refractivity contribution in [2.45, 2.75) is 32.1 Å². The van der Waals surface area contributed by atoms with Crippen molar-refractivity contribution < 1.29 is 0 Å². The first-order valence-electron chi connectivity index (χ1n) is 4.57. The molecule has 0 amide bonds. The first-order valence-corrected chi connectivity index (χ1v) is 8.47. The van der Waals surface area contributed by atoms with E-state index in [-0.39, 0.29) is 0 Å². The van der Waals surface area contributed by atoms with Gasteiger partial charge in [0.1, 0.15) is 0 Å². The summed E-state index contributed by atoms with van der Waals surface area (Å²) in [4.78, 5) is 0. The van der Waals surface area contributed by atoms with E-state index in [0.29, 0.717) is 5.88 Å². The highest BCUT2D eigenvalue weighted by Gasteiger charge is 1.86. The lowest BCUT2D eigenvalue weighted by atomic mass is 10.2. The highest BCUT2D eigenvalue weighted by Crippen LogP contribution is 2.05. The zero-order valence-corrected chi connectivity index (χ0v) is 13.4. The quantitative estimate of drug-likeness (QED) is 0.399. The molecule has 0 fully saturated rings.